The number of aromatic nitrogens is 4. The lowest BCUT2D eigenvalue weighted by Crippen LogP contribution is -2.39. The van der Waals surface area contributed by atoms with E-state index in [0.29, 0.717) is 79.2 Å². The zero-order valence-electron chi connectivity index (χ0n) is 59.3. The Balaban J connectivity index is 0.000000288. The van der Waals surface area contributed by atoms with Crippen molar-refractivity contribution in [2.24, 2.45) is 11.5 Å². The largest absolute Gasteiger partial charge is 0.508 e. The molecule has 34 heteroatoms. The number of carbonyl (C=O) groups excluding carboxylic acids is 2. The number of hydrogen-bond donors (Lipinski definition) is 5. The summed E-state index contributed by atoms with van der Waals surface area (Å²) in [5.41, 5.74) is 10.3. The van der Waals surface area contributed by atoms with Crippen molar-refractivity contribution in [3.63, 3.8) is 0 Å². The summed E-state index contributed by atoms with van der Waals surface area (Å²) in [6, 6.07) is 38.2. The number of nitro groups is 2. The molecule has 2 saturated heterocycles. The number of aryl methyl sites for hydroxylation is 2. The molecule has 0 unspecified atom stereocenters. The fraction of sp³-hybridized carbons (Fsp3) is 0.452. The van der Waals surface area contributed by atoms with Crippen LogP contribution >= 0.6 is 0 Å². The van der Waals surface area contributed by atoms with E-state index in [-0.39, 0.29) is 104 Å². The van der Waals surface area contributed by atoms with Crippen LogP contribution in [0.5, 0.6) is 0 Å². The highest BCUT2D eigenvalue weighted by Crippen LogP contribution is 2.42. The molecule has 4 heterocycles. The Morgan fingerprint density at radius 1 is 0.486 bits per heavy atom. The number of aliphatic hydroxyl groups is 1. The van der Waals surface area contributed by atoms with Gasteiger partial charge in [-0.15, -0.1) is 0 Å². The number of hydrogen-bond acceptors (Lipinski definition) is 28. The normalized spacial score (nSPS) is 16.9. The van der Waals surface area contributed by atoms with E-state index >= 15 is 0 Å². The lowest BCUT2D eigenvalue weighted by molar-refractivity contribution is -0.387. The molecule has 0 amide bonds. The monoisotopic (exact) mass is 1490 g/mol. The van der Waals surface area contributed by atoms with Crippen molar-refractivity contribution in [2.45, 2.75) is 95.6 Å². The van der Waals surface area contributed by atoms with E-state index in [1.165, 1.54) is 42.1 Å². The van der Waals surface area contributed by atoms with E-state index in [0.717, 1.165) is 21.3 Å². The maximum absolute atomic E-state index is 13.5. The van der Waals surface area contributed by atoms with Gasteiger partial charge in [0.05, 0.1) is 151 Å². The molecule has 0 aliphatic carbocycles. The summed E-state index contributed by atoms with van der Waals surface area (Å²) in [6.07, 6.45) is -5.45. The molecule has 0 saturated carbocycles. The molecule has 578 valence electrons. The minimum atomic E-state index is -1.15. The fourth-order valence-electron chi connectivity index (χ4n) is 11.5. The Bertz CT molecular complexity index is 4070. The molecule has 5 aromatic carbocycles. The van der Waals surface area contributed by atoms with Crippen molar-refractivity contribution in [2.75, 3.05) is 119 Å². The summed E-state index contributed by atoms with van der Waals surface area (Å²) < 4.78 is 86.5. The lowest BCUT2D eigenvalue weighted by Gasteiger charge is -2.37. The number of nitrogens with two attached hydrogens (primary N) is 2. The minimum absolute atomic E-state index is 0.0143. The molecule has 0 spiro atoms. The van der Waals surface area contributed by atoms with Crippen LogP contribution < -0.4 is 34.0 Å². The molecule has 2 fully saturated rings. The highest BCUT2D eigenvalue weighted by Gasteiger charge is 2.45. The number of nitrogens with zero attached hydrogens (tertiary/aromatic N) is 4. The smallest absolute Gasteiger partial charge is 0.429 e. The Hall–Kier alpha value is -9.76. The van der Waals surface area contributed by atoms with Gasteiger partial charge in [-0.3, -0.25) is 48.9 Å². The van der Waals surface area contributed by atoms with Crippen molar-refractivity contribution < 1.29 is 95.6 Å². The predicted molar refractivity (Wildman–Crippen MR) is 380 cm³/mol. The molecule has 2 aromatic heterocycles. The molecule has 9 rings (SSSR count). The van der Waals surface area contributed by atoms with Gasteiger partial charge in [0.15, 0.2) is 0 Å². The van der Waals surface area contributed by atoms with Gasteiger partial charge in [0.2, 0.25) is 0 Å². The highest BCUT2D eigenvalue weighted by atomic mass is 16.7. The maximum atomic E-state index is 13.5. The zero-order chi connectivity index (χ0) is 76.3. The average molecular weight is 1500 g/mol. The second-order valence-corrected chi connectivity index (χ2v) is 24.1. The number of rotatable bonds is 43. The third-order valence-corrected chi connectivity index (χ3v) is 16.7. The van der Waals surface area contributed by atoms with Gasteiger partial charge in [0, 0.05) is 49.5 Å². The first-order chi connectivity index (χ1) is 51.9. The first-order valence-electron chi connectivity index (χ1n) is 34.5. The van der Waals surface area contributed by atoms with Gasteiger partial charge in [-0.05, 0) is 54.8 Å². The Morgan fingerprint density at radius 2 is 0.813 bits per heavy atom. The summed E-state index contributed by atoms with van der Waals surface area (Å²) in [5.74, 6) is 0. The number of aliphatic hydroxyl groups excluding tert-OH is 1. The number of nitro benzene ring substituents is 2. The van der Waals surface area contributed by atoms with Gasteiger partial charge in [-0.25, -0.2) is 19.2 Å². The van der Waals surface area contributed by atoms with Crippen LogP contribution in [-0.2, 0) is 103 Å². The van der Waals surface area contributed by atoms with Gasteiger partial charge in [0.25, 0.3) is 22.5 Å². The molecule has 0 radical (unpaired) electrons. The molecule has 0 bridgehead atoms. The van der Waals surface area contributed by atoms with Gasteiger partial charge in [-0.2, -0.15) is 0 Å². The highest BCUT2D eigenvalue weighted by molar-refractivity contribution is 5.61. The SMILES string of the molecule is Cc1cn([C@H]2C[C@@H](OC(=O)OCc3cccc(COCCOCCOCCOCCN)c3[N+](=O)[O-])[C@@H](CO)O2)c(=O)[nH]c1=O.Cc1cn([C@H]2C[C@@H](OC(=O)OCc3cccc(COCCOCCOCCOCCN)c3[N+](=O)[O-])[C@@H](COC(c3ccccc3)(c3ccccc3)c3ccccc3)O2)c(=O)[nH]c1=O. The third-order valence-electron chi connectivity index (χ3n) is 16.7. The number of ether oxygens (including phenoxy) is 15. The summed E-state index contributed by atoms with van der Waals surface area (Å²) >= 11 is 0. The predicted octanol–water partition coefficient (Wildman–Crippen LogP) is 5.58. The van der Waals surface area contributed by atoms with Crippen LogP contribution in [0, 0.1) is 34.1 Å². The molecular formula is C73H90N8O26. The third kappa shape index (κ3) is 24.6. The molecule has 7 N–H and O–H groups in total. The number of nitrogens with one attached hydrogen (secondary N) is 2. The first-order valence-corrected chi connectivity index (χ1v) is 34.5. The Kier molecular flexibility index (Phi) is 33.9. The Morgan fingerprint density at radius 3 is 1.16 bits per heavy atom. The van der Waals surface area contributed by atoms with E-state index in [1.54, 1.807) is 25.1 Å². The van der Waals surface area contributed by atoms with E-state index in [1.807, 2.05) is 91.0 Å². The van der Waals surface area contributed by atoms with Crippen LogP contribution in [-0.4, -0.2) is 190 Å². The average Bonchev–Trinajstić information content (AvgIpc) is 1.25. The van der Waals surface area contributed by atoms with Crippen molar-refractivity contribution in [1.29, 1.82) is 0 Å². The summed E-state index contributed by atoms with van der Waals surface area (Å²) in [7, 11) is 0. The summed E-state index contributed by atoms with van der Waals surface area (Å²) in [6.45, 7) is 7.19. The van der Waals surface area contributed by atoms with Crippen LogP contribution in [0.3, 0.4) is 0 Å². The fourth-order valence-corrected chi connectivity index (χ4v) is 11.5. The van der Waals surface area contributed by atoms with E-state index < -0.39 is 107 Å². The van der Waals surface area contributed by atoms with Crippen LogP contribution in [0.15, 0.2) is 159 Å². The van der Waals surface area contributed by atoms with E-state index in [2.05, 4.69) is 9.97 Å². The van der Waals surface area contributed by atoms with Crippen molar-refractivity contribution in [3.05, 3.63) is 252 Å². The molecular weight excluding hydrogens is 1400 g/mol. The topological polar surface area (TPSA) is 441 Å². The molecule has 2 aliphatic rings. The standard InChI is InChI=1S/C46H52N4O13.C27H38N4O13/c1-33-29-49(44(52)48-43(33)51)41-28-39(40(62-41)32-61-46(36-14-5-2-6-15-36,37-16-7-3-8-17-37)38-18-9-4-10-19-38)63-45(53)60-31-35-13-11-12-34(42(35)50(54)55)30-59-27-26-58-25-24-57-23-22-56-21-20-47;1-18-14-30(26(34)29-25(18)33)23-13-21(22(15-32)43-23)44-27(35)42-17-20-4-2-3-19(24(20)31(36)37)16-41-12-11-40-10-9-39-8-7-38-6-5-28/h2-19,29,39-41H,20-28,30-32,47H2,1H3,(H,48,51,52);2-4,14,21-23,32H,5-13,15-17,28H2,1H3,(H,29,33,34)/t39-,40-,41-;21-,22-,23-/m11/s1. The molecule has 7 aromatic rings. The summed E-state index contributed by atoms with van der Waals surface area (Å²) in [4.78, 5) is 103. The quantitative estimate of drug-likeness (QED) is 0.0102. The molecule has 34 nitrogen and oxygen atoms in total. The Labute approximate surface area is 613 Å². The van der Waals surface area contributed by atoms with Crippen LogP contribution in [0.2, 0.25) is 0 Å². The van der Waals surface area contributed by atoms with Crippen LogP contribution in [0.1, 0.15) is 75.4 Å². The first kappa shape index (κ1) is 82.9. The zero-order valence-corrected chi connectivity index (χ0v) is 59.3. The van der Waals surface area contributed by atoms with Crippen molar-refractivity contribution >= 4 is 23.7 Å². The summed E-state index contributed by atoms with van der Waals surface area (Å²) in [5, 5.41) is 33.8. The number of H-pyrrole nitrogens is 2. The number of aromatic amines is 2. The minimum Gasteiger partial charge on any atom is -0.429 e. The number of benzene rings is 5. The van der Waals surface area contributed by atoms with Gasteiger partial charge < -0.3 is 87.6 Å². The van der Waals surface area contributed by atoms with E-state index in [9.17, 15) is 54.1 Å². The molecule has 2 aliphatic heterocycles. The van der Waals surface area contributed by atoms with Gasteiger partial charge in [0.1, 0.15) is 55.7 Å². The maximum Gasteiger partial charge on any atom is 0.508 e. The number of para-hydroxylation sites is 2. The van der Waals surface area contributed by atoms with Crippen molar-refractivity contribution in [1.82, 2.24) is 19.1 Å². The van der Waals surface area contributed by atoms with E-state index in [4.69, 9.17) is 82.5 Å². The van der Waals surface area contributed by atoms with Gasteiger partial charge >= 0.3 is 23.7 Å². The van der Waals surface area contributed by atoms with Crippen LogP contribution in [0.4, 0.5) is 21.0 Å². The van der Waals surface area contributed by atoms with Gasteiger partial charge in [-0.1, -0.05) is 103 Å². The second-order valence-electron chi connectivity index (χ2n) is 24.1. The van der Waals surface area contributed by atoms with Crippen LogP contribution in [0.25, 0.3) is 0 Å². The molecule has 107 heavy (non-hydrogen) atoms. The number of carbonyl (C=O) groups is 2. The molecule has 6 atom stereocenters. The second kappa shape index (κ2) is 43.8. The van der Waals surface area contributed by atoms with Crippen molar-refractivity contribution in [3.8, 4) is 0 Å². The lowest BCUT2D eigenvalue weighted by atomic mass is 9.80.